The summed E-state index contributed by atoms with van der Waals surface area (Å²) in [6.45, 7) is 4.47. The lowest BCUT2D eigenvalue weighted by molar-refractivity contribution is 0.674. The molecule has 0 saturated carbocycles. The van der Waals surface area contributed by atoms with Crippen LogP contribution in [0.15, 0.2) is 12.2 Å². The van der Waals surface area contributed by atoms with Gasteiger partial charge in [0.1, 0.15) is 0 Å². The van der Waals surface area contributed by atoms with Crippen molar-refractivity contribution in [2.45, 2.75) is 71.6 Å². The Balaban J connectivity index is 3.21. The van der Waals surface area contributed by atoms with Crippen molar-refractivity contribution in [3.8, 4) is 11.8 Å². The fraction of sp³-hybridized carbons (Fsp3) is 0.733. The van der Waals surface area contributed by atoms with E-state index >= 15 is 0 Å². The van der Waals surface area contributed by atoms with Crippen molar-refractivity contribution < 1.29 is 0 Å². The van der Waals surface area contributed by atoms with Crippen molar-refractivity contribution in [3.63, 3.8) is 0 Å². The molecule has 0 nitrogen and oxygen atoms in total. The van der Waals surface area contributed by atoms with Crippen LogP contribution in [0.25, 0.3) is 0 Å². The normalized spacial score (nSPS) is 10.3. The topological polar surface area (TPSA) is 0 Å². The van der Waals surface area contributed by atoms with Crippen LogP contribution in [0.1, 0.15) is 71.6 Å². The molecule has 15 heavy (non-hydrogen) atoms. The van der Waals surface area contributed by atoms with Gasteiger partial charge in [0.2, 0.25) is 0 Å². The van der Waals surface area contributed by atoms with E-state index in [-0.39, 0.29) is 0 Å². The molecule has 0 rings (SSSR count). The van der Waals surface area contributed by atoms with Gasteiger partial charge in [-0.1, -0.05) is 63.9 Å². The minimum atomic E-state index is 1.06. The molecule has 0 radical (unpaired) electrons. The van der Waals surface area contributed by atoms with Crippen molar-refractivity contribution in [2.75, 3.05) is 0 Å². The number of allylic oxidation sites excluding steroid dienone is 2. The molecular weight excluding hydrogens is 180 g/mol. The molecule has 0 atom stereocenters. The Morgan fingerprint density at radius 2 is 1.60 bits per heavy atom. The highest BCUT2D eigenvalue weighted by Crippen LogP contribution is 2.02. The van der Waals surface area contributed by atoms with E-state index in [1.807, 2.05) is 6.08 Å². The second-order valence-electron chi connectivity index (χ2n) is 4.03. The maximum Gasteiger partial charge on any atom is 0.00922 e. The summed E-state index contributed by atoms with van der Waals surface area (Å²) in [5.41, 5.74) is 0. The molecule has 0 aromatic carbocycles. The summed E-state index contributed by atoms with van der Waals surface area (Å²) < 4.78 is 0. The maximum atomic E-state index is 3.19. The third-order valence-electron chi connectivity index (χ3n) is 2.43. The van der Waals surface area contributed by atoms with Gasteiger partial charge in [-0.15, -0.1) is 0 Å². The summed E-state index contributed by atoms with van der Waals surface area (Å²) in [6, 6.07) is 0. The van der Waals surface area contributed by atoms with Crippen LogP contribution < -0.4 is 0 Å². The van der Waals surface area contributed by atoms with Crippen molar-refractivity contribution in [3.05, 3.63) is 12.2 Å². The van der Waals surface area contributed by atoms with Gasteiger partial charge in [-0.3, -0.25) is 0 Å². The van der Waals surface area contributed by atoms with Crippen LogP contribution in [-0.4, -0.2) is 0 Å². The standard InChI is InChI=1S/C15H26/c1-3-5-7-9-11-13-15-14-12-10-8-6-4-2/h13,15H,3-11H2,1-2H3. The van der Waals surface area contributed by atoms with E-state index in [0.29, 0.717) is 0 Å². The molecule has 0 saturated heterocycles. The Bertz CT molecular complexity index is 190. The number of hydrogen-bond donors (Lipinski definition) is 0. The molecule has 0 unspecified atom stereocenters. The first-order valence-corrected chi connectivity index (χ1v) is 6.55. The van der Waals surface area contributed by atoms with Gasteiger partial charge in [-0.05, 0) is 25.3 Å². The maximum absolute atomic E-state index is 3.19. The molecule has 0 amide bonds. The molecule has 0 N–H and O–H groups in total. The molecule has 0 heterocycles. The quantitative estimate of drug-likeness (QED) is 0.383. The van der Waals surface area contributed by atoms with Gasteiger partial charge in [-0.25, -0.2) is 0 Å². The Hall–Kier alpha value is -0.700. The van der Waals surface area contributed by atoms with Gasteiger partial charge in [0.15, 0.2) is 0 Å². The van der Waals surface area contributed by atoms with E-state index < -0.39 is 0 Å². The Labute approximate surface area is 96.2 Å². The van der Waals surface area contributed by atoms with Crippen LogP contribution in [0.2, 0.25) is 0 Å². The lowest BCUT2D eigenvalue weighted by Crippen LogP contribution is -1.73. The van der Waals surface area contributed by atoms with Crippen molar-refractivity contribution >= 4 is 0 Å². The molecular formula is C15H26. The molecule has 0 bridgehead atoms. The highest BCUT2D eigenvalue weighted by atomic mass is 13.9. The van der Waals surface area contributed by atoms with Gasteiger partial charge in [0, 0.05) is 6.42 Å². The van der Waals surface area contributed by atoms with Gasteiger partial charge >= 0.3 is 0 Å². The first-order valence-electron chi connectivity index (χ1n) is 6.55. The lowest BCUT2D eigenvalue weighted by Gasteiger charge is -1.92. The second-order valence-corrected chi connectivity index (χ2v) is 4.03. The fourth-order valence-corrected chi connectivity index (χ4v) is 1.43. The van der Waals surface area contributed by atoms with Gasteiger partial charge in [0.05, 0.1) is 0 Å². The van der Waals surface area contributed by atoms with Crippen LogP contribution >= 0.6 is 0 Å². The molecule has 0 heteroatoms. The van der Waals surface area contributed by atoms with Crippen LogP contribution in [-0.2, 0) is 0 Å². The smallest absolute Gasteiger partial charge is 0.00922 e. The average molecular weight is 206 g/mol. The average Bonchev–Trinajstić information content (AvgIpc) is 2.26. The van der Waals surface area contributed by atoms with Crippen molar-refractivity contribution in [1.82, 2.24) is 0 Å². The SMILES string of the molecule is CCCCCC#CC=CCCCCCC. The minimum Gasteiger partial charge on any atom is -0.0985 e. The van der Waals surface area contributed by atoms with E-state index in [1.54, 1.807) is 0 Å². The zero-order chi connectivity index (χ0) is 11.2. The Morgan fingerprint density at radius 3 is 2.33 bits per heavy atom. The Morgan fingerprint density at radius 1 is 0.867 bits per heavy atom. The fourth-order valence-electron chi connectivity index (χ4n) is 1.43. The van der Waals surface area contributed by atoms with Crippen molar-refractivity contribution in [2.24, 2.45) is 0 Å². The first-order chi connectivity index (χ1) is 7.41. The highest BCUT2D eigenvalue weighted by molar-refractivity contribution is 5.14. The Kier molecular flexibility index (Phi) is 12.7. The van der Waals surface area contributed by atoms with Crippen LogP contribution in [0.4, 0.5) is 0 Å². The second kappa shape index (κ2) is 13.3. The van der Waals surface area contributed by atoms with E-state index in [4.69, 9.17) is 0 Å². The van der Waals surface area contributed by atoms with E-state index in [0.717, 1.165) is 6.42 Å². The third kappa shape index (κ3) is 13.3. The van der Waals surface area contributed by atoms with E-state index in [2.05, 4.69) is 31.8 Å². The molecule has 0 aromatic rings. The molecule has 0 aliphatic carbocycles. The summed E-state index contributed by atoms with van der Waals surface area (Å²) in [4.78, 5) is 0. The summed E-state index contributed by atoms with van der Waals surface area (Å²) in [7, 11) is 0. The lowest BCUT2D eigenvalue weighted by atomic mass is 10.1. The largest absolute Gasteiger partial charge is 0.0985 e. The molecule has 0 fully saturated rings. The molecule has 0 spiro atoms. The van der Waals surface area contributed by atoms with Crippen molar-refractivity contribution in [1.29, 1.82) is 0 Å². The first kappa shape index (κ1) is 14.3. The van der Waals surface area contributed by atoms with Gasteiger partial charge in [0.25, 0.3) is 0 Å². The zero-order valence-corrected chi connectivity index (χ0v) is 10.5. The molecule has 0 aliphatic heterocycles. The third-order valence-corrected chi connectivity index (χ3v) is 2.43. The predicted molar refractivity (Wildman–Crippen MR) is 69.8 cm³/mol. The summed E-state index contributed by atoms with van der Waals surface area (Å²) >= 11 is 0. The summed E-state index contributed by atoms with van der Waals surface area (Å²) in [6.07, 6.45) is 15.7. The number of rotatable bonds is 8. The van der Waals surface area contributed by atoms with Crippen LogP contribution in [0.3, 0.4) is 0 Å². The highest BCUT2D eigenvalue weighted by Gasteiger charge is 1.83. The van der Waals surface area contributed by atoms with Crippen LogP contribution in [0, 0.1) is 11.8 Å². The summed E-state index contributed by atoms with van der Waals surface area (Å²) in [5.74, 6) is 6.29. The van der Waals surface area contributed by atoms with Crippen LogP contribution in [0.5, 0.6) is 0 Å². The number of unbranched alkanes of at least 4 members (excludes halogenated alkanes) is 7. The molecule has 0 aromatic heterocycles. The molecule has 86 valence electrons. The minimum absolute atomic E-state index is 1.06. The summed E-state index contributed by atoms with van der Waals surface area (Å²) in [5, 5.41) is 0. The van der Waals surface area contributed by atoms with E-state index in [1.165, 1.54) is 51.4 Å². The van der Waals surface area contributed by atoms with E-state index in [9.17, 15) is 0 Å². The zero-order valence-electron chi connectivity index (χ0n) is 10.5. The number of hydrogen-bond acceptors (Lipinski definition) is 0. The monoisotopic (exact) mass is 206 g/mol. The molecule has 0 aliphatic rings. The van der Waals surface area contributed by atoms with Gasteiger partial charge in [-0.2, -0.15) is 0 Å². The van der Waals surface area contributed by atoms with Gasteiger partial charge < -0.3 is 0 Å². The predicted octanol–water partition coefficient (Wildman–Crippen LogP) is 5.10.